The molecule has 4 nitrogen and oxygen atoms in total. The van der Waals surface area contributed by atoms with Gasteiger partial charge in [0.1, 0.15) is 5.75 Å². The summed E-state index contributed by atoms with van der Waals surface area (Å²) in [7, 11) is 0. The van der Waals surface area contributed by atoms with Crippen LogP contribution in [0.15, 0.2) is 24.3 Å². The van der Waals surface area contributed by atoms with Gasteiger partial charge in [0.2, 0.25) is 0 Å². The fraction of sp³-hybridized carbons (Fsp3) is 0.455. The Morgan fingerprint density at radius 2 is 2.07 bits per heavy atom. The topological polar surface area (TPSA) is 55.7 Å². The second-order valence-electron chi connectivity index (χ2n) is 3.75. The first-order chi connectivity index (χ1) is 7.31. The van der Waals surface area contributed by atoms with Crippen LogP contribution < -0.4 is 10.2 Å². The van der Waals surface area contributed by atoms with E-state index in [0.717, 1.165) is 25.3 Å². The van der Waals surface area contributed by atoms with E-state index in [1.54, 1.807) is 12.1 Å². The minimum atomic E-state index is 0.128. The average Bonchev–Trinajstić information content (AvgIpc) is 2.30. The van der Waals surface area contributed by atoms with Crippen molar-refractivity contribution in [2.75, 3.05) is 31.1 Å². The van der Waals surface area contributed by atoms with Gasteiger partial charge in [-0.1, -0.05) is 0 Å². The lowest BCUT2D eigenvalue weighted by Crippen LogP contribution is -2.53. The molecular weight excluding hydrogens is 192 g/mol. The van der Waals surface area contributed by atoms with Gasteiger partial charge in [0.25, 0.3) is 0 Å². The number of hydrogen-bond acceptors (Lipinski definition) is 4. The Balaban J connectivity index is 2.16. The van der Waals surface area contributed by atoms with Crippen molar-refractivity contribution >= 4 is 5.69 Å². The largest absolute Gasteiger partial charge is 0.508 e. The number of piperazine rings is 1. The Labute approximate surface area is 89.1 Å². The number of nitrogens with zero attached hydrogens (tertiary/aromatic N) is 1. The Hall–Kier alpha value is -1.26. The van der Waals surface area contributed by atoms with E-state index in [1.807, 2.05) is 12.1 Å². The number of phenolic OH excluding ortho intramolecular Hbond substituents is 1. The monoisotopic (exact) mass is 208 g/mol. The first-order valence-electron chi connectivity index (χ1n) is 5.18. The van der Waals surface area contributed by atoms with E-state index >= 15 is 0 Å². The second-order valence-corrected chi connectivity index (χ2v) is 3.75. The Bertz CT molecular complexity index is 313. The average molecular weight is 208 g/mol. The van der Waals surface area contributed by atoms with Gasteiger partial charge in [0.15, 0.2) is 0 Å². The van der Waals surface area contributed by atoms with E-state index in [2.05, 4.69) is 10.2 Å². The van der Waals surface area contributed by atoms with E-state index in [1.165, 1.54) is 0 Å². The summed E-state index contributed by atoms with van der Waals surface area (Å²) in [6.07, 6.45) is 0. The number of hydrogen-bond donors (Lipinski definition) is 3. The molecule has 0 bridgehead atoms. The predicted molar refractivity (Wildman–Crippen MR) is 59.2 cm³/mol. The molecule has 0 saturated carbocycles. The van der Waals surface area contributed by atoms with Crippen molar-refractivity contribution in [3.63, 3.8) is 0 Å². The number of aromatic hydroxyl groups is 1. The molecule has 1 atom stereocenters. The lowest BCUT2D eigenvalue weighted by atomic mass is 10.1. The molecule has 1 unspecified atom stereocenters. The van der Waals surface area contributed by atoms with Gasteiger partial charge in [0, 0.05) is 25.3 Å². The number of aliphatic hydroxyl groups is 1. The Morgan fingerprint density at radius 3 is 2.73 bits per heavy atom. The number of benzene rings is 1. The zero-order valence-corrected chi connectivity index (χ0v) is 8.56. The molecule has 1 heterocycles. The predicted octanol–water partition coefficient (Wildman–Crippen LogP) is 0.163. The molecule has 4 heteroatoms. The number of anilines is 1. The van der Waals surface area contributed by atoms with E-state index in [0.29, 0.717) is 0 Å². The minimum Gasteiger partial charge on any atom is -0.508 e. The zero-order chi connectivity index (χ0) is 10.7. The van der Waals surface area contributed by atoms with Crippen LogP contribution >= 0.6 is 0 Å². The summed E-state index contributed by atoms with van der Waals surface area (Å²) < 4.78 is 0. The second kappa shape index (κ2) is 4.51. The van der Waals surface area contributed by atoms with Gasteiger partial charge in [-0.25, -0.2) is 0 Å². The van der Waals surface area contributed by atoms with Crippen LogP contribution in [-0.2, 0) is 0 Å². The lowest BCUT2D eigenvalue weighted by Gasteiger charge is -2.36. The third-order valence-corrected chi connectivity index (χ3v) is 2.74. The molecule has 15 heavy (non-hydrogen) atoms. The highest BCUT2D eigenvalue weighted by Gasteiger charge is 2.21. The van der Waals surface area contributed by atoms with Crippen LogP contribution in [0.25, 0.3) is 0 Å². The number of aliphatic hydroxyl groups excluding tert-OH is 1. The third kappa shape index (κ3) is 2.22. The van der Waals surface area contributed by atoms with Crippen molar-refractivity contribution in [2.24, 2.45) is 0 Å². The molecule has 82 valence electrons. The third-order valence-electron chi connectivity index (χ3n) is 2.74. The standard InChI is InChI=1S/C11H16N2O2/c14-8-10-7-12-5-6-13(10)9-1-3-11(15)4-2-9/h1-4,10,12,14-15H,5-8H2. The number of phenols is 1. The minimum absolute atomic E-state index is 0.128. The summed E-state index contributed by atoms with van der Waals surface area (Å²) in [5, 5.41) is 21.7. The van der Waals surface area contributed by atoms with Crippen molar-refractivity contribution in [1.29, 1.82) is 0 Å². The van der Waals surface area contributed by atoms with Crippen molar-refractivity contribution in [3.8, 4) is 5.75 Å². The lowest BCUT2D eigenvalue weighted by molar-refractivity contribution is 0.246. The first-order valence-corrected chi connectivity index (χ1v) is 5.18. The van der Waals surface area contributed by atoms with Crippen molar-refractivity contribution in [2.45, 2.75) is 6.04 Å². The summed E-state index contributed by atoms with van der Waals surface area (Å²) in [4.78, 5) is 2.16. The van der Waals surface area contributed by atoms with Gasteiger partial charge in [-0.15, -0.1) is 0 Å². The molecule has 1 aromatic carbocycles. The van der Waals surface area contributed by atoms with Gasteiger partial charge in [-0.3, -0.25) is 0 Å². The zero-order valence-electron chi connectivity index (χ0n) is 8.56. The van der Waals surface area contributed by atoms with E-state index in [4.69, 9.17) is 0 Å². The summed E-state index contributed by atoms with van der Waals surface area (Å²) in [6, 6.07) is 7.23. The first kappa shape index (κ1) is 10.3. The van der Waals surface area contributed by atoms with Gasteiger partial charge < -0.3 is 20.4 Å². The molecule has 1 fully saturated rings. The maximum atomic E-state index is 9.25. The van der Waals surface area contributed by atoms with E-state index in [-0.39, 0.29) is 18.4 Å². The molecule has 1 aliphatic rings. The molecule has 0 aromatic heterocycles. The summed E-state index contributed by atoms with van der Waals surface area (Å²) in [5.41, 5.74) is 1.05. The summed E-state index contributed by atoms with van der Waals surface area (Å²) in [5.74, 6) is 0.273. The summed E-state index contributed by atoms with van der Waals surface area (Å²) >= 11 is 0. The SMILES string of the molecule is OCC1CNCCN1c1ccc(O)cc1. The van der Waals surface area contributed by atoms with Crippen molar-refractivity contribution in [1.82, 2.24) is 5.32 Å². The molecule has 3 N–H and O–H groups in total. The molecule has 0 spiro atoms. The quantitative estimate of drug-likeness (QED) is 0.648. The van der Waals surface area contributed by atoms with Crippen molar-refractivity contribution < 1.29 is 10.2 Å². The molecule has 0 amide bonds. The molecule has 0 radical (unpaired) electrons. The van der Waals surface area contributed by atoms with Gasteiger partial charge in [-0.05, 0) is 24.3 Å². The molecule has 1 aliphatic heterocycles. The van der Waals surface area contributed by atoms with Gasteiger partial charge in [0.05, 0.1) is 12.6 Å². The molecule has 2 rings (SSSR count). The van der Waals surface area contributed by atoms with Crippen LogP contribution in [0.3, 0.4) is 0 Å². The van der Waals surface area contributed by atoms with Crippen LogP contribution in [0.1, 0.15) is 0 Å². The van der Waals surface area contributed by atoms with Gasteiger partial charge >= 0.3 is 0 Å². The number of rotatable bonds is 2. The molecule has 0 aliphatic carbocycles. The fourth-order valence-electron chi connectivity index (χ4n) is 1.91. The fourth-order valence-corrected chi connectivity index (χ4v) is 1.91. The highest BCUT2D eigenvalue weighted by atomic mass is 16.3. The molecule has 1 aromatic rings. The summed E-state index contributed by atoms with van der Waals surface area (Å²) in [6.45, 7) is 2.76. The smallest absolute Gasteiger partial charge is 0.115 e. The van der Waals surface area contributed by atoms with Crippen LogP contribution in [0, 0.1) is 0 Å². The van der Waals surface area contributed by atoms with Crippen molar-refractivity contribution in [3.05, 3.63) is 24.3 Å². The van der Waals surface area contributed by atoms with Crippen LogP contribution in [-0.4, -0.2) is 42.5 Å². The van der Waals surface area contributed by atoms with Gasteiger partial charge in [-0.2, -0.15) is 0 Å². The highest BCUT2D eigenvalue weighted by Crippen LogP contribution is 2.21. The molecule has 1 saturated heterocycles. The Morgan fingerprint density at radius 1 is 1.33 bits per heavy atom. The maximum Gasteiger partial charge on any atom is 0.115 e. The number of nitrogens with one attached hydrogen (secondary N) is 1. The highest BCUT2D eigenvalue weighted by molar-refractivity contribution is 5.50. The van der Waals surface area contributed by atoms with Crippen LogP contribution in [0.2, 0.25) is 0 Å². The Kier molecular flexibility index (Phi) is 3.08. The van der Waals surface area contributed by atoms with E-state index < -0.39 is 0 Å². The normalized spacial score (nSPS) is 21.7. The van der Waals surface area contributed by atoms with Crippen LogP contribution in [0.4, 0.5) is 5.69 Å². The maximum absolute atomic E-state index is 9.25. The molecular formula is C11H16N2O2. The van der Waals surface area contributed by atoms with E-state index in [9.17, 15) is 10.2 Å². The van der Waals surface area contributed by atoms with Crippen LogP contribution in [0.5, 0.6) is 5.75 Å².